The maximum Gasteiger partial charge on any atom is 0.276 e. The molecule has 9 heteroatoms. The smallest absolute Gasteiger partial charge is 0.276 e. The molecule has 0 unspecified atom stereocenters. The third-order valence-corrected chi connectivity index (χ3v) is 4.54. The number of nitrogens with one attached hydrogen (secondary N) is 2. The van der Waals surface area contributed by atoms with E-state index in [4.69, 9.17) is 0 Å². The molecule has 0 saturated carbocycles. The van der Waals surface area contributed by atoms with Gasteiger partial charge in [0.1, 0.15) is 11.6 Å². The molecule has 1 heterocycles. The van der Waals surface area contributed by atoms with E-state index in [-0.39, 0.29) is 10.7 Å². The summed E-state index contributed by atoms with van der Waals surface area (Å²) in [5, 5.41) is 10.3. The van der Waals surface area contributed by atoms with E-state index in [2.05, 4.69) is 15.3 Å². The topological polar surface area (TPSA) is 87.2 Å². The average molecular weight is 362 g/mol. The Morgan fingerprint density at radius 3 is 2.24 bits per heavy atom. The molecule has 3 rings (SSSR count). The summed E-state index contributed by atoms with van der Waals surface area (Å²) in [6.45, 7) is 0. The molecule has 3 aromatic rings. The summed E-state index contributed by atoms with van der Waals surface area (Å²) in [6.07, 6.45) is 2.72. The van der Waals surface area contributed by atoms with Gasteiger partial charge in [-0.25, -0.2) is 13.6 Å². The van der Waals surface area contributed by atoms with Crippen LogP contribution in [-0.4, -0.2) is 24.8 Å². The van der Waals surface area contributed by atoms with Crippen LogP contribution in [0.3, 0.4) is 0 Å². The van der Waals surface area contributed by atoms with Crippen LogP contribution >= 0.6 is 0 Å². The second kappa shape index (κ2) is 6.81. The lowest BCUT2D eigenvalue weighted by atomic mass is 10.1. The highest BCUT2D eigenvalue weighted by molar-refractivity contribution is 7.89. The first-order valence-corrected chi connectivity index (χ1v) is 8.54. The number of hydrazone groups is 1. The van der Waals surface area contributed by atoms with E-state index in [0.717, 1.165) is 24.3 Å². The molecule has 1 aromatic heterocycles. The number of hydrogen-bond acceptors (Lipinski definition) is 4. The van der Waals surface area contributed by atoms with Gasteiger partial charge in [0.25, 0.3) is 10.0 Å². The normalized spacial score (nSPS) is 11.8. The standard InChI is InChI=1S/C16H12F2N4O2S/c17-13-3-1-11(2-4-13)16-12(9-19-21-16)10-20-22-25(23,24)15-7-5-14(18)6-8-15/h1-10,22H,(H,19,21)/b20-10-. The van der Waals surface area contributed by atoms with Gasteiger partial charge in [-0.3, -0.25) is 5.10 Å². The molecule has 0 radical (unpaired) electrons. The lowest BCUT2D eigenvalue weighted by Crippen LogP contribution is -2.18. The van der Waals surface area contributed by atoms with Crippen LogP contribution in [0.1, 0.15) is 5.56 Å². The van der Waals surface area contributed by atoms with Gasteiger partial charge in [-0.05, 0) is 48.5 Å². The van der Waals surface area contributed by atoms with Crippen molar-refractivity contribution >= 4 is 16.2 Å². The molecule has 0 aliphatic rings. The van der Waals surface area contributed by atoms with Gasteiger partial charge >= 0.3 is 0 Å². The molecule has 6 nitrogen and oxygen atoms in total. The quantitative estimate of drug-likeness (QED) is 0.540. The van der Waals surface area contributed by atoms with E-state index in [1.54, 1.807) is 12.1 Å². The number of rotatable bonds is 5. The zero-order valence-electron chi connectivity index (χ0n) is 12.6. The first-order chi connectivity index (χ1) is 12.0. The lowest BCUT2D eigenvalue weighted by Gasteiger charge is -2.03. The summed E-state index contributed by atoms with van der Waals surface area (Å²) < 4.78 is 50.0. The van der Waals surface area contributed by atoms with Crippen molar-refractivity contribution in [2.24, 2.45) is 5.10 Å². The number of aromatic nitrogens is 2. The van der Waals surface area contributed by atoms with Gasteiger partial charge in [-0.15, -0.1) is 0 Å². The molecule has 0 aliphatic heterocycles. The molecular formula is C16H12F2N4O2S. The van der Waals surface area contributed by atoms with Crippen LogP contribution in [0.15, 0.2) is 64.7 Å². The van der Waals surface area contributed by atoms with Crippen LogP contribution < -0.4 is 4.83 Å². The average Bonchev–Trinajstić information content (AvgIpc) is 3.04. The Balaban J connectivity index is 1.78. The van der Waals surface area contributed by atoms with Crippen molar-refractivity contribution in [2.45, 2.75) is 4.90 Å². The monoisotopic (exact) mass is 362 g/mol. The Bertz CT molecular complexity index is 997. The Kier molecular flexibility index (Phi) is 4.57. The van der Waals surface area contributed by atoms with Gasteiger partial charge in [0.15, 0.2) is 0 Å². The fourth-order valence-electron chi connectivity index (χ4n) is 2.07. The minimum absolute atomic E-state index is 0.114. The van der Waals surface area contributed by atoms with Crippen molar-refractivity contribution in [2.75, 3.05) is 0 Å². The molecule has 128 valence electrons. The van der Waals surface area contributed by atoms with Gasteiger partial charge in [0, 0.05) is 11.1 Å². The number of hydrogen-bond donors (Lipinski definition) is 2. The van der Waals surface area contributed by atoms with E-state index in [1.807, 2.05) is 4.83 Å². The van der Waals surface area contributed by atoms with Crippen LogP contribution in [0.4, 0.5) is 8.78 Å². The Labute approximate surface area is 142 Å². The van der Waals surface area contributed by atoms with Crippen molar-refractivity contribution in [3.05, 3.63) is 71.9 Å². The van der Waals surface area contributed by atoms with Crippen LogP contribution in [0.2, 0.25) is 0 Å². The predicted molar refractivity (Wildman–Crippen MR) is 88.3 cm³/mol. The van der Waals surface area contributed by atoms with E-state index in [1.165, 1.54) is 24.5 Å². The van der Waals surface area contributed by atoms with E-state index in [0.29, 0.717) is 16.8 Å². The molecule has 0 bridgehead atoms. The molecule has 2 aromatic carbocycles. The minimum Gasteiger partial charge on any atom is -0.277 e. The van der Waals surface area contributed by atoms with E-state index >= 15 is 0 Å². The van der Waals surface area contributed by atoms with E-state index < -0.39 is 15.8 Å². The third-order valence-electron chi connectivity index (χ3n) is 3.30. The van der Waals surface area contributed by atoms with Gasteiger partial charge in [-0.2, -0.15) is 18.6 Å². The first-order valence-electron chi connectivity index (χ1n) is 7.05. The zero-order chi connectivity index (χ0) is 17.9. The summed E-state index contributed by atoms with van der Waals surface area (Å²) in [7, 11) is -3.91. The SMILES string of the molecule is O=S(=O)(N/N=C\c1cn[nH]c1-c1ccc(F)cc1)c1ccc(F)cc1. The second-order valence-corrected chi connectivity index (χ2v) is 6.67. The summed E-state index contributed by atoms with van der Waals surface area (Å²) in [5.74, 6) is -0.907. The van der Waals surface area contributed by atoms with Crippen molar-refractivity contribution in [1.82, 2.24) is 15.0 Å². The Hall–Kier alpha value is -3.07. The molecule has 0 fully saturated rings. The summed E-state index contributed by atoms with van der Waals surface area (Å²) in [4.78, 5) is 1.92. The molecule has 2 N–H and O–H groups in total. The maximum absolute atomic E-state index is 13.0. The Morgan fingerprint density at radius 2 is 1.60 bits per heavy atom. The van der Waals surface area contributed by atoms with Crippen LogP contribution in [0.5, 0.6) is 0 Å². The van der Waals surface area contributed by atoms with Crippen molar-refractivity contribution in [3.8, 4) is 11.3 Å². The minimum atomic E-state index is -3.91. The maximum atomic E-state index is 13.0. The van der Waals surface area contributed by atoms with Gasteiger partial charge in [-0.1, -0.05) is 0 Å². The van der Waals surface area contributed by atoms with Crippen molar-refractivity contribution in [3.63, 3.8) is 0 Å². The fourth-order valence-corrected chi connectivity index (χ4v) is 2.86. The van der Waals surface area contributed by atoms with Crippen molar-refractivity contribution in [1.29, 1.82) is 0 Å². The number of nitrogens with zero attached hydrogens (tertiary/aromatic N) is 2. The second-order valence-electron chi connectivity index (χ2n) is 5.01. The largest absolute Gasteiger partial charge is 0.277 e. The highest BCUT2D eigenvalue weighted by Crippen LogP contribution is 2.20. The summed E-state index contributed by atoms with van der Waals surface area (Å²) in [5.41, 5.74) is 1.74. The van der Waals surface area contributed by atoms with Crippen LogP contribution in [0, 0.1) is 11.6 Å². The fraction of sp³-hybridized carbons (Fsp3) is 0. The van der Waals surface area contributed by atoms with E-state index in [9.17, 15) is 17.2 Å². The van der Waals surface area contributed by atoms with Gasteiger partial charge in [0.2, 0.25) is 0 Å². The van der Waals surface area contributed by atoms with Crippen molar-refractivity contribution < 1.29 is 17.2 Å². The summed E-state index contributed by atoms with van der Waals surface area (Å²) >= 11 is 0. The highest BCUT2D eigenvalue weighted by atomic mass is 32.2. The molecule has 0 aliphatic carbocycles. The predicted octanol–water partition coefficient (Wildman–Crippen LogP) is 2.67. The Morgan fingerprint density at radius 1 is 1.00 bits per heavy atom. The van der Waals surface area contributed by atoms with Crippen LogP contribution in [-0.2, 0) is 10.0 Å². The molecule has 0 amide bonds. The highest BCUT2D eigenvalue weighted by Gasteiger charge is 2.12. The number of benzene rings is 2. The number of halogens is 2. The molecule has 25 heavy (non-hydrogen) atoms. The van der Waals surface area contributed by atoms with Gasteiger partial charge in [0.05, 0.1) is 23.0 Å². The molecule has 0 saturated heterocycles. The molecular weight excluding hydrogens is 350 g/mol. The molecule has 0 atom stereocenters. The lowest BCUT2D eigenvalue weighted by molar-refractivity contribution is 0.583. The summed E-state index contributed by atoms with van der Waals surface area (Å²) in [6, 6.07) is 10.1. The zero-order valence-corrected chi connectivity index (χ0v) is 13.5. The van der Waals surface area contributed by atoms with Crippen LogP contribution in [0.25, 0.3) is 11.3 Å². The number of H-pyrrole nitrogens is 1. The number of aromatic amines is 1. The van der Waals surface area contributed by atoms with Gasteiger partial charge < -0.3 is 0 Å². The third kappa shape index (κ3) is 3.89. The number of sulfonamides is 1. The molecule has 0 spiro atoms. The first kappa shape index (κ1) is 16.8.